The Hall–Kier alpha value is -2.83. The third-order valence-corrected chi connectivity index (χ3v) is 6.67. The molecule has 0 fully saturated rings. The Labute approximate surface area is 192 Å². The van der Waals surface area contributed by atoms with Gasteiger partial charge in [-0.3, -0.25) is 0 Å². The summed E-state index contributed by atoms with van der Waals surface area (Å²) in [4.78, 5) is 6.81. The highest BCUT2D eigenvalue weighted by Crippen LogP contribution is 2.51. The van der Waals surface area contributed by atoms with Gasteiger partial charge in [0, 0.05) is 49.8 Å². The van der Waals surface area contributed by atoms with Gasteiger partial charge in [0.25, 0.3) is 0 Å². The van der Waals surface area contributed by atoms with Crippen LogP contribution in [0.1, 0.15) is 22.7 Å². The molecule has 0 saturated carbocycles. The van der Waals surface area contributed by atoms with Gasteiger partial charge in [-0.05, 0) is 48.0 Å². The van der Waals surface area contributed by atoms with Crippen LogP contribution in [-0.4, -0.2) is 12.1 Å². The van der Waals surface area contributed by atoms with Gasteiger partial charge in [-0.2, -0.15) is 0 Å². The number of aromatic nitrogens is 1. The number of hydrogen-bond acceptors (Lipinski definition) is 4. The first kappa shape index (κ1) is 20.1. The summed E-state index contributed by atoms with van der Waals surface area (Å²) in [6.07, 6.45) is 1.78. The standard InChI is InChI=1S/C24H18BrClFN3O/c1-31-15-5-2-13(3-6-15)12-30-23(17-10-14(27)4-7-19(17)26)22-20(28)11-18(25)16-8-9-29-24(30)21(16)22/h2-11,23H,12,28H2,1H3. The number of halogens is 3. The van der Waals surface area contributed by atoms with E-state index < -0.39 is 0 Å². The van der Waals surface area contributed by atoms with Crippen molar-refractivity contribution in [2.75, 3.05) is 17.7 Å². The van der Waals surface area contributed by atoms with Crippen LogP contribution in [0.2, 0.25) is 5.02 Å². The molecule has 2 N–H and O–H groups in total. The second kappa shape index (κ2) is 7.70. The summed E-state index contributed by atoms with van der Waals surface area (Å²) in [5.74, 6) is 1.23. The van der Waals surface area contributed by atoms with Crippen molar-refractivity contribution in [2.45, 2.75) is 12.6 Å². The second-order valence-corrected chi connectivity index (χ2v) is 8.72. The first-order valence-electron chi connectivity index (χ1n) is 9.69. The molecule has 7 heteroatoms. The Morgan fingerprint density at radius 1 is 1.16 bits per heavy atom. The van der Waals surface area contributed by atoms with Crippen LogP contribution in [0.15, 0.2) is 65.3 Å². The molecule has 1 atom stereocenters. The molecule has 0 saturated heterocycles. The summed E-state index contributed by atoms with van der Waals surface area (Å²) in [7, 11) is 1.64. The summed E-state index contributed by atoms with van der Waals surface area (Å²) in [5, 5.41) is 2.44. The highest BCUT2D eigenvalue weighted by atomic mass is 79.9. The first-order chi connectivity index (χ1) is 15.0. The predicted molar refractivity (Wildman–Crippen MR) is 126 cm³/mol. The van der Waals surface area contributed by atoms with Gasteiger partial charge in [-0.25, -0.2) is 9.37 Å². The normalized spacial score (nSPS) is 15.0. The van der Waals surface area contributed by atoms with Gasteiger partial charge in [0.15, 0.2) is 0 Å². The average molecular weight is 499 g/mol. The molecule has 2 heterocycles. The zero-order valence-electron chi connectivity index (χ0n) is 16.6. The third-order valence-electron chi connectivity index (χ3n) is 5.67. The molecule has 1 aliphatic rings. The summed E-state index contributed by atoms with van der Waals surface area (Å²) < 4.78 is 20.4. The number of anilines is 2. The maximum Gasteiger partial charge on any atom is 0.137 e. The van der Waals surface area contributed by atoms with E-state index in [1.807, 2.05) is 36.4 Å². The van der Waals surface area contributed by atoms with Gasteiger partial charge < -0.3 is 15.4 Å². The fraction of sp³-hybridized carbons (Fsp3) is 0.125. The van der Waals surface area contributed by atoms with E-state index in [1.165, 1.54) is 12.1 Å². The molecule has 5 rings (SSSR count). The molecule has 3 aromatic carbocycles. The molecule has 4 nitrogen and oxygen atoms in total. The number of methoxy groups -OCH3 is 1. The molecular weight excluding hydrogens is 481 g/mol. The zero-order chi connectivity index (χ0) is 21.7. The Morgan fingerprint density at radius 3 is 2.68 bits per heavy atom. The number of rotatable bonds is 4. The van der Waals surface area contributed by atoms with E-state index in [2.05, 4.69) is 25.8 Å². The van der Waals surface area contributed by atoms with Crippen LogP contribution in [0.25, 0.3) is 10.8 Å². The highest BCUT2D eigenvalue weighted by molar-refractivity contribution is 9.10. The van der Waals surface area contributed by atoms with Gasteiger partial charge >= 0.3 is 0 Å². The lowest BCUT2D eigenvalue weighted by atomic mass is 9.95. The molecule has 1 aliphatic heterocycles. The van der Waals surface area contributed by atoms with Crippen LogP contribution in [0.3, 0.4) is 0 Å². The maximum atomic E-state index is 14.3. The predicted octanol–water partition coefficient (Wildman–Crippen LogP) is 6.49. The van der Waals surface area contributed by atoms with E-state index in [0.29, 0.717) is 22.8 Å². The Bertz CT molecular complexity index is 1310. The van der Waals surface area contributed by atoms with E-state index in [9.17, 15) is 4.39 Å². The van der Waals surface area contributed by atoms with E-state index in [0.717, 1.165) is 37.9 Å². The van der Waals surface area contributed by atoms with E-state index >= 15 is 0 Å². The molecule has 0 bridgehead atoms. The molecule has 4 aromatic rings. The molecule has 0 radical (unpaired) electrons. The largest absolute Gasteiger partial charge is 0.497 e. The Balaban J connectivity index is 1.74. The van der Waals surface area contributed by atoms with E-state index in [-0.39, 0.29) is 11.9 Å². The molecule has 1 unspecified atom stereocenters. The van der Waals surface area contributed by atoms with Crippen molar-refractivity contribution in [1.82, 2.24) is 4.98 Å². The van der Waals surface area contributed by atoms with Crippen molar-refractivity contribution in [3.63, 3.8) is 0 Å². The van der Waals surface area contributed by atoms with Crippen molar-refractivity contribution >= 4 is 49.8 Å². The minimum atomic E-state index is -0.370. The van der Waals surface area contributed by atoms with Crippen LogP contribution in [0.4, 0.5) is 15.9 Å². The topological polar surface area (TPSA) is 51.4 Å². The molecule has 31 heavy (non-hydrogen) atoms. The van der Waals surface area contributed by atoms with Crippen molar-refractivity contribution in [3.05, 3.63) is 92.8 Å². The van der Waals surface area contributed by atoms with E-state index in [4.69, 9.17) is 22.1 Å². The average Bonchev–Trinajstić information content (AvgIpc) is 3.09. The van der Waals surface area contributed by atoms with Crippen molar-refractivity contribution in [2.24, 2.45) is 0 Å². The number of nitrogens with zero attached hydrogens (tertiary/aromatic N) is 2. The fourth-order valence-corrected chi connectivity index (χ4v) is 5.08. The molecule has 0 spiro atoms. The molecule has 1 aromatic heterocycles. The summed E-state index contributed by atoms with van der Waals surface area (Å²) >= 11 is 10.2. The van der Waals surface area contributed by atoms with Crippen LogP contribution >= 0.6 is 27.5 Å². The molecule has 156 valence electrons. The van der Waals surface area contributed by atoms with Crippen LogP contribution in [0.5, 0.6) is 5.75 Å². The number of nitrogens with two attached hydrogens (primary N) is 1. The van der Waals surface area contributed by atoms with Gasteiger partial charge in [0.05, 0.1) is 13.2 Å². The Kier molecular flexibility index (Phi) is 4.99. The number of ether oxygens (including phenoxy) is 1. The van der Waals surface area contributed by atoms with Crippen LogP contribution in [0, 0.1) is 5.82 Å². The van der Waals surface area contributed by atoms with Gasteiger partial charge in [0.2, 0.25) is 0 Å². The Morgan fingerprint density at radius 2 is 1.94 bits per heavy atom. The lowest BCUT2D eigenvalue weighted by Crippen LogP contribution is -2.26. The lowest BCUT2D eigenvalue weighted by molar-refractivity contribution is 0.414. The quantitative estimate of drug-likeness (QED) is 0.327. The number of hydrogen-bond donors (Lipinski definition) is 1. The molecular formula is C24H18BrClFN3O. The molecule has 0 aliphatic carbocycles. The van der Waals surface area contributed by atoms with Gasteiger partial charge in [0.1, 0.15) is 17.4 Å². The van der Waals surface area contributed by atoms with Gasteiger partial charge in [-0.1, -0.05) is 39.7 Å². The maximum absolute atomic E-state index is 14.3. The highest BCUT2D eigenvalue weighted by Gasteiger charge is 2.37. The number of nitrogen functional groups attached to an aromatic ring is 1. The summed E-state index contributed by atoms with van der Waals surface area (Å²) in [6.45, 7) is 0.541. The minimum Gasteiger partial charge on any atom is -0.497 e. The van der Waals surface area contributed by atoms with E-state index in [1.54, 1.807) is 19.4 Å². The molecule has 0 amide bonds. The minimum absolute atomic E-state index is 0.348. The zero-order valence-corrected chi connectivity index (χ0v) is 18.9. The van der Waals surface area contributed by atoms with Crippen LogP contribution in [-0.2, 0) is 6.54 Å². The SMILES string of the molecule is COc1ccc(CN2c3nccc4c(Br)cc(N)c(c34)C2c2cc(F)ccc2Cl)cc1. The first-order valence-corrected chi connectivity index (χ1v) is 10.9. The van der Waals surface area contributed by atoms with Crippen molar-refractivity contribution in [1.29, 1.82) is 0 Å². The lowest BCUT2D eigenvalue weighted by Gasteiger charge is -2.29. The number of benzene rings is 3. The monoisotopic (exact) mass is 497 g/mol. The smallest absolute Gasteiger partial charge is 0.137 e. The van der Waals surface area contributed by atoms with Crippen LogP contribution < -0.4 is 15.4 Å². The second-order valence-electron chi connectivity index (χ2n) is 7.46. The summed E-state index contributed by atoms with van der Waals surface area (Å²) in [5.41, 5.74) is 9.72. The van der Waals surface area contributed by atoms with Crippen molar-refractivity contribution < 1.29 is 9.13 Å². The van der Waals surface area contributed by atoms with Crippen molar-refractivity contribution in [3.8, 4) is 5.75 Å². The van der Waals surface area contributed by atoms with Gasteiger partial charge in [-0.15, -0.1) is 0 Å². The summed E-state index contributed by atoms with van der Waals surface area (Å²) in [6, 6.07) is 15.7. The number of pyridine rings is 1. The fourth-order valence-electron chi connectivity index (χ4n) is 4.28. The third kappa shape index (κ3) is 3.30.